The van der Waals surface area contributed by atoms with E-state index < -0.39 is 0 Å². The van der Waals surface area contributed by atoms with Crippen molar-refractivity contribution < 1.29 is 4.74 Å². The third kappa shape index (κ3) is 3.57. The van der Waals surface area contributed by atoms with E-state index >= 15 is 0 Å². The van der Waals surface area contributed by atoms with Crippen LogP contribution in [0.3, 0.4) is 0 Å². The molecular formula is C16H16N2O. The van der Waals surface area contributed by atoms with Crippen molar-refractivity contribution in [1.29, 1.82) is 5.26 Å². The third-order valence-electron chi connectivity index (χ3n) is 2.86. The Bertz CT molecular complexity index is 560. The first-order valence-electron chi connectivity index (χ1n) is 6.17. The van der Waals surface area contributed by atoms with E-state index in [-0.39, 0.29) is 6.04 Å². The zero-order chi connectivity index (χ0) is 13.5. The second-order valence-corrected chi connectivity index (χ2v) is 4.20. The van der Waals surface area contributed by atoms with Gasteiger partial charge in [0.25, 0.3) is 0 Å². The second-order valence-electron chi connectivity index (χ2n) is 4.20. The fourth-order valence-corrected chi connectivity index (χ4v) is 1.83. The van der Waals surface area contributed by atoms with Crippen molar-refractivity contribution in [2.24, 2.45) is 0 Å². The van der Waals surface area contributed by atoms with Gasteiger partial charge in [0.1, 0.15) is 18.4 Å². The van der Waals surface area contributed by atoms with E-state index in [1.54, 1.807) is 7.05 Å². The molecule has 0 aromatic heterocycles. The van der Waals surface area contributed by atoms with Crippen molar-refractivity contribution >= 4 is 0 Å². The minimum atomic E-state index is -0.305. The molecule has 2 aromatic rings. The van der Waals surface area contributed by atoms with Crippen LogP contribution in [0.15, 0.2) is 54.6 Å². The van der Waals surface area contributed by atoms with Gasteiger partial charge in [0.2, 0.25) is 0 Å². The first kappa shape index (κ1) is 13.1. The summed E-state index contributed by atoms with van der Waals surface area (Å²) in [5.74, 6) is 0.775. The molecule has 2 rings (SSSR count). The van der Waals surface area contributed by atoms with Crippen molar-refractivity contribution in [1.82, 2.24) is 5.32 Å². The predicted octanol–water partition coefficient (Wildman–Crippen LogP) is 3.05. The van der Waals surface area contributed by atoms with Gasteiger partial charge in [-0.15, -0.1) is 0 Å². The van der Waals surface area contributed by atoms with Gasteiger partial charge in [0, 0.05) is 0 Å². The molecule has 1 N–H and O–H groups in total. The van der Waals surface area contributed by atoms with Gasteiger partial charge in [-0.05, 0) is 30.3 Å². The lowest BCUT2D eigenvalue weighted by atomic mass is 10.1. The van der Waals surface area contributed by atoms with Gasteiger partial charge in [-0.2, -0.15) is 5.26 Å². The molecule has 0 aliphatic rings. The van der Waals surface area contributed by atoms with Gasteiger partial charge in [-0.3, -0.25) is 0 Å². The van der Waals surface area contributed by atoms with Gasteiger partial charge < -0.3 is 10.1 Å². The van der Waals surface area contributed by atoms with E-state index in [4.69, 9.17) is 10.00 Å². The topological polar surface area (TPSA) is 45.0 Å². The summed E-state index contributed by atoms with van der Waals surface area (Å²) in [4.78, 5) is 0. The van der Waals surface area contributed by atoms with Crippen LogP contribution in [0.2, 0.25) is 0 Å². The van der Waals surface area contributed by atoms with E-state index in [2.05, 4.69) is 11.4 Å². The molecule has 0 radical (unpaired) electrons. The van der Waals surface area contributed by atoms with Crippen molar-refractivity contribution in [3.63, 3.8) is 0 Å². The summed E-state index contributed by atoms with van der Waals surface area (Å²) in [5, 5.41) is 12.0. The van der Waals surface area contributed by atoms with Crippen LogP contribution in [0.5, 0.6) is 5.75 Å². The molecule has 1 atom stereocenters. The molecule has 0 fully saturated rings. The average molecular weight is 252 g/mol. The number of rotatable bonds is 5. The van der Waals surface area contributed by atoms with Crippen LogP contribution in [0.1, 0.15) is 17.2 Å². The third-order valence-corrected chi connectivity index (χ3v) is 2.86. The Labute approximate surface area is 113 Å². The lowest BCUT2D eigenvalue weighted by Gasteiger charge is -2.11. The van der Waals surface area contributed by atoms with Crippen LogP contribution in [0.25, 0.3) is 0 Å². The Balaban J connectivity index is 2.05. The summed E-state index contributed by atoms with van der Waals surface area (Å²) in [7, 11) is 1.77. The average Bonchev–Trinajstić information content (AvgIpc) is 2.48. The van der Waals surface area contributed by atoms with E-state index in [1.807, 2.05) is 54.6 Å². The molecule has 0 aliphatic heterocycles. The highest BCUT2D eigenvalue weighted by molar-refractivity contribution is 5.33. The largest absolute Gasteiger partial charge is 0.489 e. The number of benzene rings is 2. The Kier molecular flexibility index (Phi) is 4.54. The Morgan fingerprint density at radius 3 is 2.63 bits per heavy atom. The first-order chi connectivity index (χ1) is 9.33. The molecule has 0 amide bonds. The van der Waals surface area contributed by atoms with Crippen LogP contribution in [0, 0.1) is 11.3 Å². The summed E-state index contributed by atoms with van der Waals surface area (Å²) in [6.45, 7) is 0.529. The number of ether oxygens (including phenoxy) is 1. The summed E-state index contributed by atoms with van der Waals surface area (Å²) >= 11 is 0. The van der Waals surface area contributed by atoms with Gasteiger partial charge in [0.15, 0.2) is 0 Å². The van der Waals surface area contributed by atoms with E-state index in [1.165, 1.54) is 0 Å². The van der Waals surface area contributed by atoms with Crippen LogP contribution in [-0.4, -0.2) is 7.05 Å². The molecule has 0 heterocycles. The van der Waals surface area contributed by atoms with E-state index in [0.717, 1.165) is 16.9 Å². The van der Waals surface area contributed by atoms with Crippen LogP contribution in [-0.2, 0) is 6.61 Å². The van der Waals surface area contributed by atoms with Gasteiger partial charge >= 0.3 is 0 Å². The van der Waals surface area contributed by atoms with Crippen LogP contribution in [0.4, 0.5) is 0 Å². The molecule has 0 bridgehead atoms. The minimum Gasteiger partial charge on any atom is -0.489 e. The van der Waals surface area contributed by atoms with E-state index in [9.17, 15) is 0 Å². The maximum atomic E-state index is 9.02. The summed E-state index contributed by atoms with van der Waals surface area (Å²) in [6, 6.07) is 19.5. The van der Waals surface area contributed by atoms with Crippen molar-refractivity contribution in [2.45, 2.75) is 12.6 Å². The van der Waals surface area contributed by atoms with Gasteiger partial charge in [0.05, 0.1) is 6.07 Å². The maximum absolute atomic E-state index is 9.02. The molecule has 0 aliphatic carbocycles. The number of nitrogens with one attached hydrogen (secondary N) is 1. The molecule has 0 saturated carbocycles. The minimum absolute atomic E-state index is 0.305. The predicted molar refractivity (Wildman–Crippen MR) is 74.6 cm³/mol. The van der Waals surface area contributed by atoms with Crippen LogP contribution < -0.4 is 10.1 Å². The highest BCUT2D eigenvalue weighted by Gasteiger charge is 2.08. The number of hydrogen-bond donors (Lipinski definition) is 1. The summed E-state index contributed by atoms with van der Waals surface area (Å²) in [5.41, 5.74) is 2.04. The second kappa shape index (κ2) is 6.58. The zero-order valence-electron chi connectivity index (χ0n) is 10.8. The van der Waals surface area contributed by atoms with Crippen molar-refractivity contribution in [3.8, 4) is 11.8 Å². The molecule has 3 heteroatoms. The molecule has 0 spiro atoms. The fourth-order valence-electron chi connectivity index (χ4n) is 1.83. The standard InChI is InChI=1S/C16H16N2O/c1-18-16(11-17)14-8-5-9-15(10-14)19-12-13-6-3-2-4-7-13/h2-10,16,18H,12H2,1H3. The smallest absolute Gasteiger partial charge is 0.121 e. The first-order valence-corrected chi connectivity index (χ1v) is 6.17. The Morgan fingerprint density at radius 2 is 1.95 bits per heavy atom. The molecule has 1 unspecified atom stereocenters. The number of hydrogen-bond acceptors (Lipinski definition) is 3. The van der Waals surface area contributed by atoms with Crippen molar-refractivity contribution in [2.75, 3.05) is 7.05 Å². The summed E-state index contributed by atoms with van der Waals surface area (Å²) in [6.07, 6.45) is 0. The normalized spacial score (nSPS) is 11.6. The molecule has 19 heavy (non-hydrogen) atoms. The molecule has 0 saturated heterocycles. The highest BCUT2D eigenvalue weighted by Crippen LogP contribution is 2.19. The van der Waals surface area contributed by atoms with Crippen molar-refractivity contribution in [3.05, 3.63) is 65.7 Å². The Morgan fingerprint density at radius 1 is 1.16 bits per heavy atom. The maximum Gasteiger partial charge on any atom is 0.121 e. The van der Waals surface area contributed by atoms with E-state index in [0.29, 0.717) is 6.61 Å². The molecular weight excluding hydrogens is 236 g/mol. The molecule has 96 valence electrons. The number of nitriles is 1. The molecule has 2 aromatic carbocycles. The van der Waals surface area contributed by atoms with Gasteiger partial charge in [-0.1, -0.05) is 42.5 Å². The lowest BCUT2D eigenvalue weighted by molar-refractivity contribution is 0.306. The monoisotopic (exact) mass is 252 g/mol. The Hall–Kier alpha value is -2.31. The van der Waals surface area contributed by atoms with Crippen LogP contribution >= 0.6 is 0 Å². The number of nitrogens with zero attached hydrogens (tertiary/aromatic N) is 1. The van der Waals surface area contributed by atoms with Gasteiger partial charge in [-0.25, -0.2) is 0 Å². The summed E-state index contributed by atoms with van der Waals surface area (Å²) < 4.78 is 5.73. The quantitative estimate of drug-likeness (QED) is 0.889. The highest BCUT2D eigenvalue weighted by atomic mass is 16.5. The fraction of sp³-hybridized carbons (Fsp3) is 0.188. The SMILES string of the molecule is CNC(C#N)c1cccc(OCc2ccccc2)c1. The molecule has 3 nitrogen and oxygen atoms in total. The lowest BCUT2D eigenvalue weighted by Crippen LogP contribution is -2.14. The zero-order valence-corrected chi connectivity index (χ0v) is 10.8.